The number of benzene rings is 1. The largest absolute Gasteiger partial charge is 0.383 e. The summed E-state index contributed by atoms with van der Waals surface area (Å²) in [6, 6.07) is 9.15. The fourth-order valence-corrected chi connectivity index (χ4v) is 2.75. The van der Waals surface area contributed by atoms with Gasteiger partial charge in [-0.05, 0) is 42.9 Å². The van der Waals surface area contributed by atoms with Crippen LogP contribution in [-0.4, -0.2) is 19.8 Å². The SMILES string of the molecule is CCCC(COC)NC(c1ccc(Cl)cc1)C1CC1. The molecule has 106 valence electrons. The lowest BCUT2D eigenvalue weighted by atomic mass is 10.0. The highest BCUT2D eigenvalue weighted by atomic mass is 35.5. The molecule has 0 heterocycles. The fraction of sp³-hybridized carbons (Fsp3) is 0.625. The Morgan fingerprint density at radius 3 is 2.53 bits per heavy atom. The van der Waals surface area contributed by atoms with Gasteiger partial charge in [0.1, 0.15) is 0 Å². The first kappa shape index (κ1) is 14.8. The summed E-state index contributed by atoms with van der Waals surface area (Å²) in [6.45, 7) is 3.00. The zero-order valence-electron chi connectivity index (χ0n) is 11.9. The van der Waals surface area contributed by atoms with E-state index in [0.717, 1.165) is 24.0 Å². The highest BCUT2D eigenvalue weighted by Crippen LogP contribution is 2.41. The van der Waals surface area contributed by atoms with Crippen LogP contribution in [0.1, 0.15) is 44.2 Å². The Kier molecular flexibility index (Phi) is 5.68. The van der Waals surface area contributed by atoms with Crippen molar-refractivity contribution in [2.75, 3.05) is 13.7 Å². The van der Waals surface area contributed by atoms with Gasteiger partial charge in [0, 0.05) is 24.2 Å². The van der Waals surface area contributed by atoms with E-state index in [0.29, 0.717) is 12.1 Å². The van der Waals surface area contributed by atoms with Crippen LogP contribution in [0.4, 0.5) is 0 Å². The van der Waals surface area contributed by atoms with Crippen molar-refractivity contribution in [1.82, 2.24) is 5.32 Å². The molecule has 2 atom stereocenters. The second-order valence-electron chi connectivity index (χ2n) is 5.47. The molecule has 0 spiro atoms. The van der Waals surface area contributed by atoms with Gasteiger partial charge in [-0.3, -0.25) is 0 Å². The second-order valence-corrected chi connectivity index (χ2v) is 5.91. The molecule has 1 saturated carbocycles. The van der Waals surface area contributed by atoms with Gasteiger partial charge in [-0.25, -0.2) is 0 Å². The maximum atomic E-state index is 5.98. The van der Waals surface area contributed by atoms with E-state index in [1.54, 1.807) is 7.11 Å². The number of rotatable bonds is 8. The van der Waals surface area contributed by atoms with E-state index in [1.165, 1.54) is 24.8 Å². The van der Waals surface area contributed by atoms with Gasteiger partial charge in [0.15, 0.2) is 0 Å². The van der Waals surface area contributed by atoms with Crippen molar-refractivity contribution in [3.63, 3.8) is 0 Å². The normalized spacial score (nSPS) is 18.3. The van der Waals surface area contributed by atoms with Crippen molar-refractivity contribution in [2.45, 2.75) is 44.7 Å². The Bertz CT molecular complexity index is 369. The first-order valence-corrected chi connectivity index (χ1v) is 7.62. The van der Waals surface area contributed by atoms with E-state index in [-0.39, 0.29) is 0 Å². The maximum absolute atomic E-state index is 5.98. The van der Waals surface area contributed by atoms with E-state index in [1.807, 2.05) is 12.1 Å². The van der Waals surface area contributed by atoms with Gasteiger partial charge in [0.25, 0.3) is 0 Å². The van der Waals surface area contributed by atoms with Crippen LogP contribution in [-0.2, 0) is 4.74 Å². The van der Waals surface area contributed by atoms with Crippen LogP contribution in [0.25, 0.3) is 0 Å². The summed E-state index contributed by atoms with van der Waals surface area (Å²) in [5, 5.41) is 4.59. The first-order chi connectivity index (χ1) is 9.24. The van der Waals surface area contributed by atoms with Gasteiger partial charge in [0.2, 0.25) is 0 Å². The van der Waals surface area contributed by atoms with Crippen LogP contribution in [0.3, 0.4) is 0 Å². The molecule has 1 aliphatic carbocycles. The molecule has 0 bridgehead atoms. The maximum Gasteiger partial charge on any atom is 0.0616 e. The Morgan fingerprint density at radius 1 is 1.32 bits per heavy atom. The minimum Gasteiger partial charge on any atom is -0.383 e. The van der Waals surface area contributed by atoms with Gasteiger partial charge >= 0.3 is 0 Å². The Labute approximate surface area is 121 Å². The lowest BCUT2D eigenvalue weighted by Crippen LogP contribution is -2.37. The highest BCUT2D eigenvalue weighted by Gasteiger charge is 2.33. The lowest BCUT2D eigenvalue weighted by Gasteiger charge is -2.26. The summed E-state index contributed by atoms with van der Waals surface area (Å²) in [4.78, 5) is 0. The molecule has 2 nitrogen and oxygen atoms in total. The molecule has 0 aromatic heterocycles. The summed E-state index contributed by atoms with van der Waals surface area (Å²) in [5.74, 6) is 0.775. The summed E-state index contributed by atoms with van der Waals surface area (Å²) in [7, 11) is 1.78. The predicted octanol–water partition coefficient (Wildman–Crippen LogP) is 4.20. The number of nitrogens with one attached hydrogen (secondary N) is 1. The molecule has 3 heteroatoms. The van der Waals surface area contributed by atoms with E-state index >= 15 is 0 Å². The molecule has 1 N–H and O–H groups in total. The van der Waals surface area contributed by atoms with Gasteiger partial charge < -0.3 is 10.1 Å². The Morgan fingerprint density at radius 2 is 2.00 bits per heavy atom. The number of hydrogen-bond donors (Lipinski definition) is 1. The molecule has 1 aromatic carbocycles. The third-order valence-electron chi connectivity index (χ3n) is 3.74. The molecule has 0 saturated heterocycles. The zero-order chi connectivity index (χ0) is 13.7. The third-order valence-corrected chi connectivity index (χ3v) is 3.99. The lowest BCUT2D eigenvalue weighted by molar-refractivity contribution is 0.153. The predicted molar refractivity (Wildman–Crippen MR) is 80.6 cm³/mol. The van der Waals surface area contributed by atoms with E-state index in [4.69, 9.17) is 16.3 Å². The molecular weight excluding hydrogens is 258 g/mol. The molecular formula is C16H24ClNO. The first-order valence-electron chi connectivity index (χ1n) is 7.25. The fourth-order valence-electron chi connectivity index (χ4n) is 2.62. The van der Waals surface area contributed by atoms with E-state index in [2.05, 4.69) is 24.4 Å². The topological polar surface area (TPSA) is 21.3 Å². The second kappa shape index (κ2) is 7.28. The molecule has 19 heavy (non-hydrogen) atoms. The molecule has 2 unspecified atom stereocenters. The molecule has 0 radical (unpaired) electrons. The van der Waals surface area contributed by atoms with Gasteiger partial charge in [-0.15, -0.1) is 0 Å². The number of ether oxygens (including phenoxy) is 1. The monoisotopic (exact) mass is 281 g/mol. The molecule has 2 rings (SSSR count). The molecule has 0 amide bonds. The van der Waals surface area contributed by atoms with Crippen LogP contribution >= 0.6 is 11.6 Å². The van der Waals surface area contributed by atoms with E-state index < -0.39 is 0 Å². The molecule has 0 aliphatic heterocycles. The molecule has 1 aliphatic rings. The summed E-state index contributed by atoms with van der Waals surface area (Å²) < 4.78 is 5.33. The summed E-state index contributed by atoms with van der Waals surface area (Å²) >= 11 is 5.98. The number of methoxy groups -OCH3 is 1. The van der Waals surface area contributed by atoms with Crippen molar-refractivity contribution in [3.8, 4) is 0 Å². The van der Waals surface area contributed by atoms with Crippen molar-refractivity contribution in [1.29, 1.82) is 0 Å². The smallest absolute Gasteiger partial charge is 0.0616 e. The average molecular weight is 282 g/mol. The van der Waals surface area contributed by atoms with Crippen molar-refractivity contribution in [2.24, 2.45) is 5.92 Å². The van der Waals surface area contributed by atoms with Crippen LogP contribution in [0.2, 0.25) is 5.02 Å². The summed E-state index contributed by atoms with van der Waals surface area (Å²) in [6.07, 6.45) is 4.99. The van der Waals surface area contributed by atoms with Gasteiger partial charge in [-0.2, -0.15) is 0 Å². The molecule has 1 fully saturated rings. The minimum atomic E-state index is 0.441. The van der Waals surface area contributed by atoms with Crippen LogP contribution < -0.4 is 5.32 Å². The zero-order valence-corrected chi connectivity index (χ0v) is 12.6. The minimum absolute atomic E-state index is 0.441. The van der Waals surface area contributed by atoms with Gasteiger partial charge in [0.05, 0.1) is 6.61 Å². The van der Waals surface area contributed by atoms with Crippen molar-refractivity contribution >= 4 is 11.6 Å². The number of halogens is 1. The molecule has 1 aromatic rings. The Balaban J connectivity index is 2.04. The highest BCUT2D eigenvalue weighted by molar-refractivity contribution is 6.30. The summed E-state index contributed by atoms with van der Waals surface area (Å²) in [5.41, 5.74) is 1.35. The van der Waals surface area contributed by atoms with Crippen LogP contribution in [0.15, 0.2) is 24.3 Å². The van der Waals surface area contributed by atoms with E-state index in [9.17, 15) is 0 Å². The van der Waals surface area contributed by atoms with Gasteiger partial charge in [-0.1, -0.05) is 37.1 Å². The quantitative estimate of drug-likeness (QED) is 0.771. The Hall–Kier alpha value is -0.570. The van der Waals surface area contributed by atoms with Crippen LogP contribution in [0.5, 0.6) is 0 Å². The van der Waals surface area contributed by atoms with Crippen molar-refractivity contribution in [3.05, 3.63) is 34.9 Å². The average Bonchev–Trinajstić information content (AvgIpc) is 3.22. The van der Waals surface area contributed by atoms with Crippen molar-refractivity contribution < 1.29 is 4.74 Å². The van der Waals surface area contributed by atoms with Crippen LogP contribution in [0, 0.1) is 5.92 Å². The standard InChI is InChI=1S/C16H24ClNO/c1-3-4-15(11-19-2)18-16(12-5-6-12)13-7-9-14(17)10-8-13/h7-10,12,15-16,18H,3-6,11H2,1-2H3. The third kappa shape index (κ3) is 4.48. The number of hydrogen-bond acceptors (Lipinski definition) is 2.